The fourth-order valence-electron chi connectivity index (χ4n) is 2.02. The highest BCUT2D eigenvalue weighted by Crippen LogP contribution is 2.18. The van der Waals surface area contributed by atoms with Crippen molar-refractivity contribution < 1.29 is 5.21 Å². The number of hydrogen-bond acceptors (Lipinski definition) is 3. The van der Waals surface area contributed by atoms with E-state index in [2.05, 4.69) is 5.16 Å². The number of nitrogens with zero attached hydrogens (tertiary/aromatic N) is 2. The van der Waals surface area contributed by atoms with E-state index in [1.807, 2.05) is 74.4 Å². The van der Waals surface area contributed by atoms with E-state index in [1.54, 1.807) is 0 Å². The molecule has 98 valence electrons. The van der Waals surface area contributed by atoms with Gasteiger partial charge in [-0.3, -0.25) is 0 Å². The molecule has 1 N–H and O–H groups in total. The molecule has 0 spiro atoms. The van der Waals surface area contributed by atoms with E-state index in [-0.39, 0.29) is 0 Å². The third kappa shape index (κ3) is 2.76. The second-order valence-corrected chi connectivity index (χ2v) is 4.70. The summed E-state index contributed by atoms with van der Waals surface area (Å²) >= 11 is 0. The lowest BCUT2D eigenvalue weighted by atomic mass is 9.98. The first-order valence-corrected chi connectivity index (χ1v) is 6.19. The molecule has 0 atom stereocenters. The van der Waals surface area contributed by atoms with Crippen molar-refractivity contribution in [2.24, 2.45) is 5.16 Å². The maximum atomic E-state index is 9.31. The van der Waals surface area contributed by atoms with E-state index in [9.17, 15) is 5.21 Å². The van der Waals surface area contributed by atoms with Gasteiger partial charge in [0.2, 0.25) is 0 Å². The highest BCUT2D eigenvalue weighted by Gasteiger charge is 2.10. The van der Waals surface area contributed by atoms with Crippen LogP contribution in [0.3, 0.4) is 0 Å². The number of oxime groups is 1. The van der Waals surface area contributed by atoms with Crippen LogP contribution in [-0.4, -0.2) is 25.0 Å². The van der Waals surface area contributed by atoms with Crippen LogP contribution in [0.2, 0.25) is 0 Å². The van der Waals surface area contributed by atoms with Crippen LogP contribution in [0.15, 0.2) is 53.7 Å². The molecule has 0 amide bonds. The molecular weight excluding hydrogens is 236 g/mol. The minimum atomic E-state index is 0.600. The molecule has 3 heteroatoms. The summed E-state index contributed by atoms with van der Waals surface area (Å²) in [5.74, 6) is 0. The lowest BCUT2D eigenvalue weighted by Gasteiger charge is -2.13. The van der Waals surface area contributed by atoms with Crippen molar-refractivity contribution in [2.75, 3.05) is 19.0 Å². The maximum absolute atomic E-state index is 9.31. The molecule has 0 radical (unpaired) electrons. The van der Waals surface area contributed by atoms with Crippen molar-refractivity contribution in [2.45, 2.75) is 6.92 Å². The Labute approximate surface area is 113 Å². The average Bonchev–Trinajstić information content (AvgIpc) is 2.42. The maximum Gasteiger partial charge on any atom is 0.117 e. The van der Waals surface area contributed by atoms with Crippen molar-refractivity contribution in [3.8, 4) is 0 Å². The molecule has 0 unspecified atom stereocenters. The molecule has 0 aromatic heterocycles. The van der Waals surface area contributed by atoms with E-state index >= 15 is 0 Å². The largest absolute Gasteiger partial charge is 0.410 e. The van der Waals surface area contributed by atoms with Crippen molar-refractivity contribution in [1.29, 1.82) is 0 Å². The van der Waals surface area contributed by atoms with Crippen LogP contribution in [0.5, 0.6) is 0 Å². The van der Waals surface area contributed by atoms with Gasteiger partial charge in [-0.2, -0.15) is 0 Å². The molecule has 0 fully saturated rings. The minimum Gasteiger partial charge on any atom is -0.410 e. The molecule has 0 aliphatic carbocycles. The Morgan fingerprint density at radius 2 is 1.63 bits per heavy atom. The molecule has 3 nitrogen and oxygen atoms in total. The predicted octanol–water partition coefficient (Wildman–Crippen LogP) is 3.29. The summed E-state index contributed by atoms with van der Waals surface area (Å²) in [5, 5.41) is 12.8. The lowest BCUT2D eigenvalue weighted by Crippen LogP contribution is -2.10. The van der Waals surface area contributed by atoms with Crippen LogP contribution in [0, 0.1) is 6.92 Å². The van der Waals surface area contributed by atoms with Gasteiger partial charge in [0.1, 0.15) is 5.71 Å². The van der Waals surface area contributed by atoms with Crippen LogP contribution in [-0.2, 0) is 0 Å². The molecule has 2 aromatic rings. The van der Waals surface area contributed by atoms with Crippen molar-refractivity contribution in [3.63, 3.8) is 0 Å². The van der Waals surface area contributed by atoms with Gasteiger partial charge in [0.15, 0.2) is 0 Å². The summed E-state index contributed by atoms with van der Waals surface area (Å²) in [6, 6.07) is 15.9. The first-order valence-electron chi connectivity index (χ1n) is 6.19. The van der Waals surface area contributed by atoms with E-state index < -0.39 is 0 Å². The molecule has 2 aromatic carbocycles. The molecule has 0 saturated heterocycles. The second kappa shape index (κ2) is 5.57. The third-order valence-corrected chi connectivity index (χ3v) is 3.16. The Kier molecular flexibility index (Phi) is 3.85. The van der Waals surface area contributed by atoms with Gasteiger partial charge >= 0.3 is 0 Å². The van der Waals surface area contributed by atoms with Gasteiger partial charge in [-0.05, 0) is 24.6 Å². The topological polar surface area (TPSA) is 35.8 Å². The van der Waals surface area contributed by atoms with Crippen LogP contribution in [0.25, 0.3) is 0 Å². The van der Waals surface area contributed by atoms with Gasteiger partial charge in [-0.1, -0.05) is 41.6 Å². The van der Waals surface area contributed by atoms with Crippen LogP contribution >= 0.6 is 0 Å². The Morgan fingerprint density at radius 1 is 1.00 bits per heavy atom. The van der Waals surface area contributed by atoms with Crippen molar-refractivity contribution in [3.05, 3.63) is 65.2 Å². The van der Waals surface area contributed by atoms with Crippen molar-refractivity contribution >= 4 is 11.4 Å². The van der Waals surface area contributed by atoms with Crippen LogP contribution in [0.4, 0.5) is 5.69 Å². The fraction of sp³-hybridized carbons (Fsp3) is 0.188. The first kappa shape index (κ1) is 13.1. The zero-order valence-electron chi connectivity index (χ0n) is 11.5. The standard InChI is InChI=1S/C16H18N2O/c1-12-6-4-5-7-15(12)16(17-19)13-8-10-14(11-9-13)18(2)3/h4-11,19H,1-3H3/b17-16+. The molecule has 0 saturated carbocycles. The minimum absolute atomic E-state index is 0.600. The average molecular weight is 254 g/mol. The summed E-state index contributed by atoms with van der Waals surface area (Å²) in [4.78, 5) is 2.04. The van der Waals surface area contributed by atoms with Crippen molar-refractivity contribution in [1.82, 2.24) is 0 Å². The molecule has 0 heterocycles. The summed E-state index contributed by atoms with van der Waals surface area (Å²) in [5.41, 5.74) is 4.66. The van der Waals surface area contributed by atoms with Crippen LogP contribution in [0.1, 0.15) is 16.7 Å². The first-order chi connectivity index (χ1) is 9.13. The quantitative estimate of drug-likeness (QED) is 0.518. The SMILES string of the molecule is Cc1ccccc1/C(=N/O)c1ccc(N(C)C)cc1. The second-order valence-electron chi connectivity index (χ2n) is 4.70. The van der Waals surface area contributed by atoms with E-state index in [0.29, 0.717) is 5.71 Å². The Morgan fingerprint density at radius 3 is 2.16 bits per heavy atom. The molecule has 0 aliphatic heterocycles. The smallest absolute Gasteiger partial charge is 0.117 e. The Balaban J connectivity index is 2.41. The number of anilines is 1. The molecule has 2 rings (SSSR count). The summed E-state index contributed by atoms with van der Waals surface area (Å²) in [6.07, 6.45) is 0. The third-order valence-electron chi connectivity index (χ3n) is 3.16. The molecule has 0 bridgehead atoms. The Bertz CT molecular complexity index is 586. The zero-order chi connectivity index (χ0) is 13.8. The highest BCUT2D eigenvalue weighted by atomic mass is 16.4. The van der Waals surface area contributed by atoms with E-state index in [4.69, 9.17) is 0 Å². The van der Waals surface area contributed by atoms with Gasteiger partial charge in [0, 0.05) is 30.9 Å². The van der Waals surface area contributed by atoms with Gasteiger partial charge < -0.3 is 10.1 Å². The molecule has 19 heavy (non-hydrogen) atoms. The highest BCUT2D eigenvalue weighted by molar-refractivity contribution is 6.13. The van der Waals surface area contributed by atoms with Crippen LogP contribution < -0.4 is 4.90 Å². The van der Waals surface area contributed by atoms with Gasteiger partial charge in [0.25, 0.3) is 0 Å². The zero-order valence-corrected chi connectivity index (χ0v) is 11.5. The summed E-state index contributed by atoms with van der Waals surface area (Å²) in [6.45, 7) is 2.01. The fourth-order valence-corrected chi connectivity index (χ4v) is 2.02. The van der Waals surface area contributed by atoms with Gasteiger partial charge in [-0.15, -0.1) is 0 Å². The molecule has 0 aliphatic rings. The summed E-state index contributed by atoms with van der Waals surface area (Å²) < 4.78 is 0. The lowest BCUT2D eigenvalue weighted by molar-refractivity contribution is 0.319. The number of rotatable bonds is 3. The van der Waals surface area contributed by atoms with E-state index in [1.165, 1.54) is 0 Å². The Hall–Kier alpha value is -2.29. The number of aryl methyl sites for hydroxylation is 1. The van der Waals surface area contributed by atoms with Gasteiger partial charge in [-0.25, -0.2) is 0 Å². The monoisotopic (exact) mass is 254 g/mol. The van der Waals surface area contributed by atoms with E-state index in [0.717, 1.165) is 22.4 Å². The number of hydrogen-bond donors (Lipinski definition) is 1. The van der Waals surface area contributed by atoms with Gasteiger partial charge in [0.05, 0.1) is 0 Å². The number of benzene rings is 2. The summed E-state index contributed by atoms with van der Waals surface area (Å²) in [7, 11) is 3.99. The normalized spacial score (nSPS) is 11.4. The predicted molar refractivity (Wildman–Crippen MR) is 79.4 cm³/mol. The molecular formula is C16H18N2O.